The minimum Gasteiger partial charge on any atom is -0.399 e. The number of Topliss-reactive ketones (excluding diaryl/α,β-unsaturated/α-hetero) is 3. The van der Waals surface area contributed by atoms with Gasteiger partial charge in [0.2, 0.25) is 0 Å². The number of hydrogen-bond acceptors (Lipinski definition) is 7. The largest absolute Gasteiger partial charge is 0.399 e. The Morgan fingerprint density at radius 1 is 0.606 bits per heavy atom. The molecule has 0 aliphatic carbocycles. The number of carbonyl (C=O) groups is 4. The van der Waals surface area contributed by atoms with Crippen LogP contribution < -0.4 is 11.1 Å². The summed E-state index contributed by atoms with van der Waals surface area (Å²) in [7, 11) is 0. The summed E-state index contributed by atoms with van der Waals surface area (Å²) in [6.45, 7) is 19.5. The molecule has 7 rings (SSSR count). The lowest BCUT2D eigenvalue weighted by atomic mass is 9.74. The molecule has 3 N–H and O–H groups in total. The van der Waals surface area contributed by atoms with Crippen LogP contribution in [0, 0.1) is 10.8 Å². The van der Waals surface area contributed by atoms with Gasteiger partial charge in [-0.15, -0.1) is 0 Å². The first-order chi connectivity index (χ1) is 31.2. The van der Waals surface area contributed by atoms with Gasteiger partial charge in [-0.05, 0) is 117 Å². The monoisotopic (exact) mass is 883 g/mol. The summed E-state index contributed by atoms with van der Waals surface area (Å²) in [5.74, 6) is -0.425. The van der Waals surface area contributed by atoms with Crippen LogP contribution in [-0.2, 0) is 11.2 Å². The van der Waals surface area contributed by atoms with Crippen LogP contribution in [0.5, 0.6) is 0 Å². The third-order valence-corrected chi connectivity index (χ3v) is 14.1. The molecule has 0 saturated heterocycles. The minimum absolute atomic E-state index is 0.0996. The Balaban J connectivity index is 0.992. The van der Waals surface area contributed by atoms with E-state index >= 15 is 0 Å². The van der Waals surface area contributed by atoms with Crippen molar-refractivity contribution in [2.75, 3.05) is 24.1 Å². The van der Waals surface area contributed by atoms with Gasteiger partial charge in [0.15, 0.2) is 17.3 Å². The fraction of sp³-hybridized carbons (Fsp3) is 0.345. The quantitative estimate of drug-likeness (QED) is 0.0576. The fourth-order valence-electron chi connectivity index (χ4n) is 9.14. The van der Waals surface area contributed by atoms with Gasteiger partial charge in [0.1, 0.15) is 0 Å². The van der Waals surface area contributed by atoms with E-state index in [9.17, 15) is 19.2 Å². The van der Waals surface area contributed by atoms with E-state index in [1.165, 1.54) is 0 Å². The van der Waals surface area contributed by atoms with Crippen LogP contribution in [0.3, 0.4) is 0 Å². The van der Waals surface area contributed by atoms with E-state index in [1.807, 2.05) is 91.0 Å². The zero-order chi connectivity index (χ0) is 47.4. The second kappa shape index (κ2) is 19.1. The maximum atomic E-state index is 14.1. The molecular weight excluding hydrogens is 817 g/mol. The number of rotatable bonds is 16. The molecule has 0 fully saturated rings. The lowest BCUT2D eigenvalue weighted by Crippen LogP contribution is -2.50. The van der Waals surface area contributed by atoms with Crippen LogP contribution in [0.15, 0.2) is 151 Å². The van der Waals surface area contributed by atoms with E-state index in [0.717, 1.165) is 83.4 Å². The summed E-state index contributed by atoms with van der Waals surface area (Å²) >= 11 is 0. The summed E-state index contributed by atoms with van der Waals surface area (Å²) in [6.07, 6.45) is 8.24. The zero-order valence-electron chi connectivity index (χ0n) is 40.0. The molecule has 1 amide bonds. The minimum atomic E-state index is -0.306. The predicted molar refractivity (Wildman–Crippen MR) is 268 cm³/mol. The molecule has 0 saturated carbocycles. The van der Waals surface area contributed by atoms with Gasteiger partial charge in [-0.2, -0.15) is 0 Å². The lowest BCUT2D eigenvalue weighted by Gasteiger charge is -2.48. The molecule has 2 heterocycles. The number of carbonyl (C=O) groups excluding carboxylic acids is 4. The highest BCUT2D eigenvalue weighted by Gasteiger charge is 2.40. The zero-order valence-corrected chi connectivity index (χ0v) is 40.0. The molecule has 8 heteroatoms. The Morgan fingerprint density at radius 2 is 1.11 bits per heavy atom. The average molecular weight is 883 g/mol. The van der Waals surface area contributed by atoms with Gasteiger partial charge in [-0.3, -0.25) is 19.2 Å². The maximum absolute atomic E-state index is 14.1. The number of nitrogens with two attached hydrogens (primary N) is 1. The smallest absolute Gasteiger partial charge is 0.253 e. The predicted octanol–water partition coefficient (Wildman–Crippen LogP) is 12.4. The molecule has 0 unspecified atom stereocenters. The standard InChI is InChI=1S/C58H66N4O4/c1-55(2)31-33-61(38-49(55)53(65)44-17-13-10-14-18-44)57(5,6)29-30-58(7,8)62-34-32-56(3,4)50(39-62)54(66)60-47-27-19-40(20-28-47)35-45-25-26-46(59)36-48(45)41-21-23-43(24-22-41)52(64)37-51(63)42-15-11-9-12-16-42/h9-28,36,38-39H,29-35,37,59H2,1-8H3,(H,60,66). The highest BCUT2D eigenvalue weighted by atomic mass is 16.2. The summed E-state index contributed by atoms with van der Waals surface area (Å²) < 4.78 is 0. The second-order valence-corrected chi connectivity index (χ2v) is 20.8. The SMILES string of the molecule is CC1(C)CCN(C(C)(C)CCC(C)(C)N2C=C(C(=O)c3ccccc3)C(C)(C)CC2)C=C1C(=O)Nc1ccc(Cc2ccc(N)cc2-c2ccc(C(=O)CC(=O)c3ccccc3)cc2)cc1. The Kier molecular flexibility index (Phi) is 13.7. The van der Waals surface area contributed by atoms with Gasteiger partial charge in [0.25, 0.3) is 5.91 Å². The van der Waals surface area contributed by atoms with Crippen LogP contribution >= 0.6 is 0 Å². The Morgan fingerprint density at radius 3 is 1.67 bits per heavy atom. The van der Waals surface area contributed by atoms with Crippen molar-refractivity contribution in [3.05, 3.63) is 179 Å². The number of nitrogen functional groups attached to an aromatic ring is 1. The average Bonchev–Trinajstić information content (AvgIpc) is 3.29. The molecule has 5 aromatic carbocycles. The molecule has 2 aliphatic rings. The van der Waals surface area contributed by atoms with Crippen molar-refractivity contribution >= 4 is 34.6 Å². The van der Waals surface area contributed by atoms with E-state index < -0.39 is 0 Å². The fourth-order valence-corrected chi connectivity index (χ4v) is 9.14. The van der Waals surface area contributed by atoms with E-state index in [4.69, 9.17) is 5.73 Å². The number of nitrogens with zero attached hydrogens (tertiary/aromatic N) is 2. The number of nitrogens with one attached hydrogen (secondary N) is 1. The molecule has 0 aromatic heterocycles. The second-order valence-electron chi connectivity index (χ2n) is 20.8. The van der Waals surface area contributed by atoms with Gasteiger partial charge < -0.3 is 20.9 Å². The summed E-state index contributed by atoms with van der Waals surface area (Å²) in [5.41, 5.74) is 14.1. The van der Waals surface area contributed by atoms with Crippen LogP contribution in [0.25, 0.3) is 11.1 Å². The van der Waals surface area contributed by atoms with E-state index in [2.05, 4.69) is 82.9 Å². The third-order valence-electron chi connectivity index (χ3n) is 14.1. The Bertz CT molecular complexity index is 2640. The van der Waals surface area contributed by atoms with Crippen LogP contribution in [0.1, 0.15) is 130 Å². The van der Waals surface area contributed by atoms with Crippen molar-refractivity contribution in [3.8, 4) is 11.1 Å². The third kappa shape index (κ3) is 10.9. The summed E-state index contributed by atoms with van der Waals surface area (Å²) in [4.78, 5) is 58.2. The molecule has 0 atom stereocenters. The first kappa shape index (κ1) is 47.4. The van der Waals surface area contributed by atoms with Crippen LogP contribution in [0.2, 0.25) is 0 Å². The highest BCUT2D eigenvalue weighted by Crippen LogP contribution is 2.42. The van der Waals surface area contributed by atoms with Crippen molar-refractivity contribution < 1.29 is 19.2 Å². The van der Waals surface area contributed by atoms with Crippen LogP contribution in [0.4, 0.5) is 11.4 Å². The number of allylic oxidation sites excluding steroid dienone is 1. The van der Waals surface area contributed by atoms with Crippen molar-refractivity contribution in [1.82, 2.24) is 9.80 Å². The molecule has 0 radical (unpaired) electrons. The van der Waals surface area contributed by atoms with Crippen molar-refractivity contribution in [1.29, 1.82) is 0 Å². The van der Waals surface area contributed by atoms with Crippen molar-refractivity contribution in [2.24, 2.45) is 10.8 Å². The van der Waals surface area contributed by atoms with Gasteiger partial charge in [-0.25, -0.2) is 0 Å². The summed E-state index contributed by atoms with van der Waals surface area (Å²) in [5, 5.41) is 3.20. The number of benzene rings is 5. The van der Waals surface area contributed by atoms with E-state index in [0.29, 0.717) is 23.2 Å². The van der Waals surface area contributed by atoms with Gasteiger partial charge in [0, 0.05) is 75.8 Å². The van der Waals surface area contributed by atoms with Gasteiger partial charge in [-0.1, -0.05) is 131 Å². The molecular formula is C58H66N4O4. The molecule has 0 spiro atoms. The molecule has 66 heavy (non-hydrogen) atoms. The first-order valence-electron chi connectivity index (χ1n) is 23.3. The topological polar surface area (TPSA) is 113 Å². The van der Waals surface area contributed by atoms with Gasteiger partial charge in [0.05, 0.1) is 6.42 Å². The molecule has 5 aromatic rings. The lowest BCUT2D eigenvalue weighted by molar-refractivity contribution is -0.114. The molecule has 342 valence electrons. The summed E-state index contributed by atoms with van der Waals surface area (Å²) in [6, 6.07) is 39.7. The Labute approximate surface area is 392 Å². The number of anilines is 2. The van der Waals surface area contributed by atoms with E-state index in [1.54, 1.807) is 36.4 Å². The van der Waals surface area contributed by atoms with Crippen molar-refractivity contribution in [2.45, 2.75) is 105 Å². The number of hydrogen-bond donors (Lipinski definition) is 2. The van der Waals surface area contributed by atoms with E-state index in [-0.39, 0.29) is 51.6 Å². The molecule has 8 nitrogen and oxygen atoms in total. The Hall–Kier alpha value is -6.54. The number of amides is 1. The normalized spacial score (nSPS) is 15.9. The van der Waals surface area contributed by atoms with Gasteiger partial charge >= 0.3 is 0 Å². The molecule has 2 aliphatic heterocycles. The van der Waals surface area contributed by atoms with Crippen LogP contribution in [-0.4, -0.2) is 57.2 Å². The highest BCUT2D eigenvalue weighted by molar-refractivity contribution is 6.13. The first-order valence-corrected chi connectivity index (χ1v) is 23.3. The maximum Gasteiger partial charge on any atom is 0.253 e. The van der Waals surface area contributed by atoms with Crippen molar-refractivity contribution in [3.63, 3.8) is 0 Å². The number of ketones is 3. The molecule has 0 bridgehead atoms.